The molecule has 0 aliphatic carbocycles. The first-order valence-corrected chi connectivity index (χ1v) is 10.8. The Morgan fingerprint density at radius 3 is 2.70 bits per heavy atom. The van der Waals surface area contributed by atoms with E-state index in [4.69, 9.17) is 11.6 Å². The van der Waals surface area contributed by atoms with Crippen molar-refractivity contribution in [3.8, 4) is 0 Å². The third kappa shape index (κ3) is 4.52. The first-order chi connectivity index (χ1) is 14.4. The maximum atomic E-state index is 12.5. The molecule has 1 saturated heterocycles. The fourth-order valence-electron chi connectivity index (χ4n) is 3.38. The highest BCUT2D eigenvalue weighted by atomic mass is 35.5. The molecule has 6 nitrogen and oxygen atoms in total. The van der Waals surface area contributed by atoms with Gasteiger partial charge >= 0.3 is 0 Å². The minimum Gasteiger partial charge on any atom is -0.312 e. The van der Waals surface area contributed by atoms with Gasteiger partial charge in [0.15, 0.2) is 0 Å². The van der Waals surface area contributed by atoms with Crippen LogP contribution in [-0.4, -0.2) is 28.6 Å². The second kappa shape index (κ2) is 8.53. The lowest BCUT2D eigenvalue weighted by Crippen LogP contribution is -2.24. The number of hydrogen-bond donors (Lipinski definition) is 1. The maximum Gasteiger partial charge on any atom is 0.230 e. The van der Waals surface area contributed by atoms with Crippen molar-refractivity contribution in [1.29, 1.82) is 0 Å². The topological polar surface area (TPSA) is 75.2 Å². The number of rotatable bonds is 5. The zero-order chi connectivity index (χ0) is 21.3. The number of aromatic nitrogens is 2. The minimum absolute atomic E-state index is 0.0278. The molecule has 30 heavy (non-hydrogen) atoms. The summed E-state index contributed by atoms with van der Waals surface area (Å²) < 4.78 is 0. The number of nitrogens with one attached hydrogen (secondary N) is 1. The zero-order valence-corrected chi connectivity index (χ0v) is 18.3. The average Bonchev–Trinajstić information content (AvgIpc) is 3.32. The van der Waals surface area contributed by atoms with Crippen LogP contribution >= 0.6 is 22.9 Å². The van der Waals surface area contributed by atoms with Crippen LogP contribution in [0.3, 0.4) is 0 Å². The van der Waals surface area contributed by atoms with Gasteiger partial charge in [0, 0.05) is 29.6 Å². The Morgan fingerprint density at radius 1 is 1.20 bits per heavy atom. The molecule has 1 fully saturated rings. The summed E-state index contributed by atoms with van der Waals surface area (Å²) in [5, 5.41) is 12.9. The molecule has 1 aromatic heterocycles. The van der Waals surface area contributed by atoms with Crippen molar-refractivity contribution >= 4 is 45.6 Å². The minimum atomic E-state index is -0.139. The Labute approximate surface area is 183 Å². The summed E-state index contributed by atoms with van der Waals surface area (Å²) in [7, 11) is 0. The number of benzene rings is 2. The van der Waals surface area contributed by atoms with E-state index in [0.29, 0.717) is 23.1 Å². The fraction of sp³-hybridized carbons (Fsp3) is 0.273. The highest BCUT2D eigenvalue weighted by Gasteiger charge is 2.34. The van der Waals surface area contributed by atoms with Gasteiger partial charge in [-0.1, -0.05) is 58.8 Å². The summed E-state index contributed by atoms with van der Waals surface area (Å²) in [6, 6.07) is 13.5. The van der Waals surface area contributed by atoms with Gasteiger partial charge in [0.05, 0.1) is 6.42 Å². The SMILES string of the molecule is Cc1ccc(CC(=O)Nc2nnc([C@H]3CC(=O)N(c4ccc(C)c(Cl)c4)C3)s2)cc1. The van der Waals surface area contributed by atoms with E-state index in [-0.39, 0.29) is 24.2 Å². The largest absolute Gasteiger partial charge is 0.312 e. The van der Waals surface area contributed by atoms with Crippen LogP contribution in [0.4, 0.5) is 10.8 Å². The Morgan fingerprint density at radius 2 is 1.97 bits per heavy atom. The Hall–Kier alpha value is -2.77. The van der Waals surface area contributed by atoms with Gasteiger partial charge in [-0.05, 0) is 37.1 Å². The molecule has 0 unspecified atom stereocenters. The molecule has 3 aromatic rings. The van der Waals surface area contributed by atoms with Gasteiger partial charge in [0.2, 0.25) is 16.9 Å². The van der Waals surface area contributed by atoms with Crippen molar-refractivity contribution in [2.24, 2.45) is 0 Å². The van der Waals surface area contributed by atoms with E-state index in [1.807, 2.05) is 56.3 Å². The van der Waals surface area contributed by atoms with Crippen LogP contribution in [0.2, 0.25) is 5.02 Å². The number of hydrogen-bond acceptors (Lipinski definition) is 5. The summed E-state index contributed by atoms with van der Waals surface area (Å²) in [5.41, 5.74) is 3.85. The quantitative estimate of drug-likeness (QED) is 0.633. The Bertz CT molecular complexity index is 1100. The fourth-order valence-corrected chi connectivity index (χ4v) is 4.40. The molecule has 2 heterocycles. The van der Waals surface area contributed by atoms with Crippen LogP contribution in [0.25, 0.3) is 0 Å². The number of carbonyl (C=O) groups is 2. The van der Waals surface area contributed by atoms with E-state index in [1.165, 1.54) is 11.3 Å². The zero-order valence-electron chi connectivity index (χ0n) is 16.7. The monoisotopic (exact) mass is 440 g/mol. The number of carbonyl (C=O) groups excluding carboxylic acids is 2. The molecule has 0 radical (unpaired) electrons. The van der Waals surface area contributed by atoms with E-state index in [1.54, 1.807) is 4.90 Å². The Balaban J connectivity index is 1.40. The Kier molecular flexibility index (Phi) is 5.83. The third-order valence-corrected chi connectivity index (χ3v) is 6.52. The van der Waals surface area contributed by atoms with E-state index in [2.05, 4.69) is 15.5 Å². The molecular formula is C22H21ClN4O2S. The molecule has 1 N–H and O–H groups in total. The third-order valence-electron chi connectivity index (χ3n) is 5.11. The average molecular weight is 441 g/mol. The lowest BCUT2D eigenvalue weighted by Gasteiger charge is -2.17. The molecule has 0 bridgehead atoms. The van der Waals surface area contributed by atoms with E-state index >= 15 is 0 Å². The van der Waals surface area contributed by atoms with Crippen LogP contribution in [-0.2, 0) is 16.0 Å². The molecule has 1 aliphatic heterocycles. The summed E-state index contributed by atoms with van der Waals surface area (Å²) in [5.74, 6) is -0.169. The lowest BCUT2D eigenvalue weighted by atomic mass is 10.1. The van der Waals surface area contributed by atoms with Crippen LogP contribution < -0.4 is 10.2 Å². The number of halogens is 1. The van der Waals surface area contributed by atoms with Crippen LogP contribution in [0.15, 0.2) is 42.5 Å². The van der Waals surface area contributed by atoms with Gasteiger partial charge in [0.1, 0.15) is 5.01 Å². The van der Waals surface area contributed by atoms with Crippen molar-refractivity contribution in [1.82, 2.24) is 10.2 Å². The number of anilines is 2. The number of amides is 2. The second-order valence-corrected chi connectivity index (χ2v) is 8.91. The van der Waals surface area contributed by atoms with Crippen LogP contribution in [0.1, 0.15) is 34.0 Å². The van der Waals surface area contributed by atoms with Gasteiger partial charge in [-0.25, -0.2) is 0 Å². The molecule has 154 valence electrons. The van der Waals surface area contributed by atoms with E-state index in [9.17, 15) is 9.59 Å². The maximum absolute atomic E-state index is 12.5. The molecule has 0 saturated carbocycles. The van der Waals surface area contributed by atoms with Crippen molar-refractivity contribution in [2.45, 2.75) is 32.6 Å². The number of aryl methyl sites for hydroxylation is 2. The van der Waals surface area contributed by atoms with Gasteiger partial charge in [-0.15, -0.1) is 10.2 Å². The normalized spacial score (nSPS) is 16.2. The standard InChI is InChI=1S/C22H21ClN4O2S/c1-13-3-6-15(7-4-13)9-19(28)24-22-26-25-21(30-22)16-10-20(29)27(12-16)17-8-5-14(2)18(23)11-17/h3-8,11,16H,9-10,12H2,1-2H3,(H,24,26,28)/t16-/m0/s1. The number of nitrogens with zero attached hydrogens (tertiary/aromatic N) is 3. The molecule has 0 spiro atoms. The molecule has 1 atom stereocenters. The first kappa shape index (κ1) is 20.5. The summed E-state index contributed by atoms with van der Waals surface area (Å²) >= 11 is 7.53. The highest BCUT2D eigenvalue weighted by Crippen LogP contribution is 2.35. The first-order valence-electron chi connectivity index (χ1n) is 9.64. The van der Waals surface area contributed by atoms with E-state index in [0.717, 1.165) is 27.4 Å². The van der Waals surface area contributed by atoms with Crippen molar-refractivity contribution in [2.75, 3.05) is 16.8 Å². The summed E-state index contributed by atoms with van der Waals surface area (Å²) in [6.45, 7) is 4.45. The predicted octanol–water partition coefficient (Wildman–Crippen LogP) is 4.51. The van der Waals surface area contributed by atoms with Crippen molar-refractivity contribution in [3.63, 3.8) is 0 Å². The molecule has 2 aromatic carbocycles. The van der Waals surface area contributed by atoms with Gasteiger partial charge in [0.25, 0.3) is 0 Å². The van der Waals surface area contributed by atoms with Crippen molar-refractivity contribution in [3.05, 3.63) is 69.2 Å². The smallest absolute Gasteiger partial charge is 0.230 e. The van der Waals surface area contributed by atoms with Crippen LogP contribution in [0.5, 0.6) is 0 Å². The second-order valence-electron chi connectivity index (χ2n) is 7.49. The van der Waals surface area contributed by atoms with Gasteiger partial charge in [-0.3, -0.25) is 9.59 Å². The molecule has 1 aliphatic rings. The van der Waals surface area contributed by atoms with Gasteiger partial charge < -0.3 is 10.2 Å². The summed E-state index contributed by atoms with van der Waals surface area (Å²) in [6.07, 6.45) is 0.635. The molecule has 2 amide bonds. The van der Waals surface area contributed by atoms with E-state index < -0.39 is 0 Å². The molecule has 4 rings (SSSR count). The molecular weight excluding hydrogens is 420 g/mol. The molecule has 8 heteroatoms. The highest BCUT2D eigenvalue weighted by molar-refractivity contribution is 7.15. The predicted molar refractivity (Wildman–Crippen MR) is 119 cm³/mol. The van der Waals surface area contributed by atoms with Crippen LogP contribution in [0, 0.1) is 13.8 Å². The van der Waals surface area contributed by atoms with Crippen molar-refractivity contribution < 1.29 is 9.59 Å². The van der Waals surface area contributed by atoms with Gasteiger partial charge in [-0.2, -0.15) is 0 Å². The lowest BCUT2D eigenvalue weighted by molar-refractivity contribution is -0.117. The summed E-state index contributed by atoms with van der Waals surface area (Å²) in [4.78, 5) is 26.6.